The number of hydrogen-bond acceptors (Lipinski definition) is 3. The van der Waals surface area contributed by atoms with Gasteiger partial charge in [-0.1, -0.05) is 43.7 Å². The molecule has 1 heterocycles. The van der Waals surface area contributed by atoms with Crippen LogP contribution in [-0.2, 0) is 0 Å². The first-order chi connectivity index (χ1) is 9.04. The molecule has 0 aliphatic carbocycles. The van der Waals surface area contributed by atoms with Crippen LogP contribution in [0.15, 0.2) is 24.3 Å². The van der Waals surface area contributed by atoms with Crippen molar-refractivity contribution in [2.75, 3.05) is 32.8 Å². The highest BCUT2D eigenvalue weighted by Crippen LogP contribution is 2.38. The minimum atomic E-state index is -0.134. The highest BCUT2D eigenvalue weighted by Gasteiger charge is 2.35. The van der Waals surface area contributed by atoms with Crippen molar-refractivity contribution in [2.45, 2.75) is 26.8 Å². The quantitative estimate of drug-likeness (QED) is 0.871. The van der Waals surface area contributed by atoms with Gasteiger partial charge in [-0.2, -0.15) is 0 Å². The van der Waals surface area contributed by atoms with Crippen LogP contribution in [0.25, 0.3) is 0 Å². The van der Waals surface area contributed by atoms with E-state index in [2.05, 4.69) is 55.3 Å². The van der Waals surface area contributed by atoms with Gasteiger partial charge in [0.15, 0.2) is 0 Å². The normalized spacial score (nSPS) is 19.4. The molecule has 0 spiro atoms. The second-order valence-corrected chi connectivity index (χ2v) is 6.25. The Labute approximate surface area is 116 Å². The maximum atomic E-state index is 9.78. The fourth-order valence-corrected chi connectivity index (χ4v) is 3.02. The van der Waals surface area contributed by atoms with Gasteiger partial charge < -0.3 is 10.4 Å². The lowest BCUT2D eigenvalue weighted by molar-refractivity contribution is 0.0305. The molecule has 19 heavy (non-hydrogen) atoms. The summed E-state index contributed by atoms with van der Waals surface area (Å²) in [6.07, 6.45) is 0. The zero-order valence-corrected chi connectivity index (χ0v) is 12.3. The largest absolute Gasteiger partial charge is 0.396 e. The Bertz CT molecular complexity index is 411. The van der Waals surface area contributed by atoms with Crippen LogP contribution in [0, 0.1) is 12.3 Å². The minimum Gasteiger partial charge on any atom is -0.396 e. The third kappa shape index (κ3) is 3.35. The summed E-state index contributed by atoms with van der Waals surface area (Å²) in [5.41, 5.74) is 2.47. The van der Waals surface area contributed by atoms with Crippen LogP contribution < -0.4 is 5.32 Å². The van der Waals surface area contributed by atoms with E-state index in [0.717, 1.165) is 26.2 Å². The average molecular weight is 262 g/mol. The Kier molecular flexibility index (Phi) is 4.61. The molecule has 0 amide bonds. The van der Waals surface area contributed by atoms with Gasteiger partial charge in [-0.25, -0.2) is 0 Å². The molecule has 0 unspecified atom stereocenters. The van der Waals surface area contributed by atoms with Crippen LogP contribution in [0.3, 0.4) is 0 Å². The van der Waals surface area contributed by atoms with Gasteiger partial charge >= 0.3 is 0 Å². The molecule has 1 saturated heterocycles. The van der Waals surface area contributed by atoms with Crippen molar-refractivity contribution < 1.29 is 5.11 Å². The summed E-state index contributed by atoms with van der Waals surface area (Å²) >= 11 is 0. The Morgan fingerprint density at radius 2 is 2.00 bits per heavy atom. The zero-order chi connectivity index (χ0) is 13.9. The molecule has 106 valence electrons. The van der Waals surface area contributed by atoms with Gasteiger partial charge in [0.05, 0.1) is 0 Å². The van der Waals surface area contributed by atoms with Gasteiger partial charge in [0, 0.05) is 44.2 Å². The van der Waals surface area contributed by atoms with E-state index < -0.39 is 0 Å². The lowest BCUT2D eigenvalue weighted by atomic mass is 9.79. The van der Waals surface area contributed by atoms with E-state index in [0.29, 0.717) is 0 Å². The van der Waals surface area contributed by atoms with E-state index in [1.165, 1.54) is 11.1 Å². The number of aliphatic hydroxyl groups excluding tert-OH is 1. The Balaban J connectivity index is 2.33. The van der Waals surface area contributed by atoms with Crippen molar-refractivity contribution in [1.29, 1.82) is 0 Å². The number of rotatable bonds is 4. The Morgan fingerprint density at radius 3 is 2.58 bits per heavy atom. The van der Waals surface area contributed by atoms with Crippen molar-refractivity contribution in [1.82, 2.24) is 10.2 Å². The van der Waals surface area contributed by atoms with Crippen molar-refractivity contribution in [2.24, 2.45) is 5.41 Å². The molecule has 1 aromatic rings. The van der Waals surface area contributed by atoms with Crippen LogP contribution >= 0.6 is 0 Å². The Morgan fingerprint density at radius 1 is 1.32 bits per heavy atom. The van der Waals surface area contributed by atoms with E-state index >= 15 is 0 Å². The minimum absolute atomic E-state index is 0.134. The summed E-state index contributed by atoms with van der Waals surface area (Å²) in [5, 5.41) is 13.2. The average Bonchev–Trinajstić information content (AvgIpc) is 2.40. The lowest BCUT2D eigenvalue weighted by Crippen LogP contribution is -2.49. The Hall–Kier alpha value is -0.900. The number of nitrogens with zero attached hydrogens (tertiary/aromatic N) is 1. The molecule has 0 saturated carbocycles. The monoisotopic (exact) mass is 262 g/mol. The number of hydrogen-bond donors (Lipinski definition) is 2. The number of aryl methyl sites for hydroxylation is 1. The molecule has 3 heteroatoms. The molecule has 1 aromatic carbocycles. The summed E-state index contributed by atoms with van der Waals surface area (Å²) in [6, 6.07) is 8.97. The standard InChI is InChI=1S/C16H26N2O/c1-13-5-4-6-14(11-13)15(16(2,3)12-19)18-9-7-17-8-10-18/h4-6,11,15,17,19H,7-10,12H2,1-3H3/t15-/m1/s1. The highest BCUT2D eigenvalue weighted by molar-refractivity contribution is 5.27. The van der Waals surface area contributed by atoms with E-state index in [9.17, 15) is 5.11 Å². The number of nitrogens with one attached hydrogen (secondary N) is 1. The molecule has 2 N–H and O–H groups in total. The lowest BCUT2D eigenvalue weighted by Gasteiger charge is -2.43. The topological polar surface area (TPSA) is 35.5 Å². The summed E-state index contributed by atoms with van der Waals surface area (Å²) in [6.45, 7) is 10.8. The van der Waals surface area contributed by atoms with Gasteiger partial charge in [-0.3, -0.25) is 4.90 Å². The highest BCUT2D eigenvalue weighted by atomic mass is 16.3. The first kappa shape index (κ1) is 14.5. The van der Waals surface area contributed by atoms with E-state index in [-0.39, 0.29) is 18.1 Å². The predicted octanol–water partition coefficient (Wildman–Crippen LogP) is 1.96. The van der Waals surface area contributed by atoms with Crippen LogP contribution in [0.2, 0.25) is 0 Å². The molecule has 1 fully saturated rings. The van der Waals surface area contributed by atoms with Gasteiger partial charge in [0.25, 0.3) is 0 Å². The molecule has 1 atom stereocenters. The first-order valence-corrected chi connectivity index (χ1v) is 7.17. The third-order valence-electron chi connectivity index (χ3n) is 4.02. The molecule has 2 rings (SSSR count). The van der Waals surface area contributed by atoms with Crippen molar-refractivity contribution >= 4 is 0 Å². The summed E-state index contributed by atoms with van der Waals surface area (Å²) in [5.74, 6) is 0. The molecule has 0 aromatic heterocycles. The molecule has 1 aliphatic rings. The number of aliphatic hydroxyl groups is 1. The second-order valence-electron chi connectivity index (χ2n) is 6.25. The molecule has 0 bridgehead atoms. The van der Waals surface area contributed by atoms with Crippen molar-refractivity contribution in [3.63, 3.8) is 0 Å². The predicted molar refractivity (Wildman–Crippen MR) is 79.2 cm³/mol. The van der Waals surface area contributed by atoms with Crippen molar-refractivity contribution in [3.05, 3.63) is 35.4 Å². The SMILES string of the molecule is Cc1cccc([C@@H](N2CCNCC2)C(C)(C)CO)c1. The van der Waals surface area contributed by atoms with Crippen LogP contribution in [0.5, 0.6) is 0 Å². The maximum absolute atomic E-state index is 9.78. The van der Waals surface area contributed by atoms with E-state index in [4.69, 9.17) is 0 Å². The van der Waals surface area contributed by atoms with Crippen LogP contribution in [0.1, 0.15) is 31.0 Å². The van der Waals surface area contributed by atoms with Crippen LogP contribution in [0.4, 0.5) is 0 Å². The molecular formula is C16H26N2O. The van der Waals surface area contributed by atoms with Gasteiger partial charge in [0.1, 0.15) is 0 Å². The third-order valence-corrected chi connectivity index (χ3v) is 4.02. The smallest absolute Gasteiger partial charge is 0.0500 e. The van der Waals surface area contributed by atoms with E-state index in [1.807, 2.05) is 0 Å². The first-order valence-electron chi connectivity index (χ1n) is 7.17. The van der Waals surface area contributed by atoms with Crippen LogP contribution in [-0.4, -0.2) is 42.8 Å². The van der Waals surface area contributed by atoms with Gasteiger partial charge in [-0.05, 0) is 12.5 Å². The number of benzene rings is 1. The van der Waals surface area contributed by atoms with Gasteiger partial charge in [0.2, 0.25) is 0 Å². The van der Waals surface area contributed by atoms with Gasteiger partial charge in [-0.15, -0.1) is 0 Å². The van der Waals surface area contributed by atoms with E-state index in [1.54, 1.807) is 0 Å². The zero-order valence-electron chi connectivity index (χ0n) is 12.3. The summed E-state index contributed by atoms with van der Waals surface area (Å²) < 4.78 is 0. The van der Waals surface area contributed by atoms with Crippen molar-refractivity contribution in [3.8, 4) is 0 Å². The molecular weight excluding hydrogens is 236 g/mol. The fraction of sp³-hybridized carbons (Fsp3) is 0.625. The summed E-state index contributed by atoms with van der Waals surface area (Å²) in [4.78, 5) is 2.50. The fourth-order valence-electron chi connectivity index (χ4n) is 3.02. The molecule has 1 aliphatic heterocycles. The maximum Gasteiger partial charge on any atom is 0.0500 e. The number of piperazine rings is 1. The second kappa shape index (κ2) is 6.04. The molecule has 3 nitrogen and oxygen atoms in total. The molecule has 0 radical (unpaired) electrons. The summed E-state index contributed by atoms with van der Waals surface area (Å²) in [7, 11) is 0.